The average molecular weight is 377 g/mol. The van der Waals surface area contributed by atoms with E-state index < -0.39 is 16.9 Å². The van der Waals surface area contributed by atoms with Gasteiger partial charge in [-0.1, -0.05) is 11.8 Å². The van der Waals surface area contributed by atoms with Gasteiger partial charge in [0.1, 0.15) is 5.82 Å². The molecular formula is C18H14F3N3OS. The normalized spacial score (nSPS) is 12.2. The Hall–Kier alpha value is -2.61. The smallest absolute Gasteiger partial charge is 0.191 e. The molecule has 1 heterocycles. The minimum atomic E-state index is -1.06. The summed E-state index contributed by atoms with van der Waals surface area (Å²) in [6, 6.07) is 8.88. The second-order valence-electron chi connectivity index (χ2n) is 5.63. The van der Waals surface area contributed by atoms with Gasteiger partial charge in [-0.15, -0.1) is 10.2 Å². The monoisotopic (exact) mass is 377 g/mol. The van der Waals surface area contributed by atoms with Crippen LogP contribution < -0.4 is 0 Å². The van der Waals surface area contributed by atoms with Crippen LogP contribution in [-0.2, 0) is 7.05 Å². The lowest BCUT2D eigenvalue weighted by Crippen LogP contribution is -2.15. The SMILES string of the molecule is C[C@H](Sc1nnc(-c2ccc(F)cc2)n1C)C(=O)c1ccc(F)c(F)c1. The third-order valence-electron chi connectivity index (χ3n) is 3.79. The number of Topliss-reactive ketones (excluding diaryl/α,β-unsaturated/α-hetero) is 1. The maximum Gasteiger partial charge on any atom is 0.191 e. The first kappa shape index (κ1) is 18.2. The van der Waals surface area contributed by atoms with Crippen molar-refractivity contribution in [3.8, 4) is 11.4 Å². The van der Waals surface area contributed by atoms with Crippen molar-refractivity contribution in [1.29, 1.82) is 0 Å². The topological polar surface area (TPSA) is 47.8 Å². The first-order chi connectivity index (χ1) is 12.4. The van der Waals surface area contributed by atoms with Crippen molar-refractivity contribution in [3.05, 3.63) is 65.5 Å². The van der Waals surface area contributed by atoms with Crippen molar-refractivity contribution in [1.82, 2.24) is 14.8 Å². The van der Waals surface area contributed by atoms with E-state index in [4.69, 9.17) is 0 Å². The van der Waals surface area contributed by atoms with Crippen molar-refractivity contribution >= 4 is 17.5 Å². The van der Waals surface area contributed by atoms with Crippen molar-refractivity contribution in [2.24, 2.45) is 7.05 Å². The Morgan fingerprint density at radius 3 is 2.38 bits per heavy atom. The lowest BCUT2D eigenvalue weighted by molar-refractivity contribution is 0.0993. The number of halogens is 3. The fourth-order valence-corrected chi connectivity index (χ4v) is 3.26. The molecule has 0 aliphatic carbocycles. The highest BCUT2D eigenvalue weighted by Crippen LogP contribution is 2.27. The molecule has 0 radical (unpaired) electrons. The molecule has 3 rings (SSSR count). The predicted octanol–water partition coefficient (Wildman–Crippen LogP) is 4.26. The molecule has 0 fully saturated rings. The number of benzene rings is 2. The van der Waals surface area contributed by atoms with Crippen LogP contribution in [0.15, 0.2) is 47.6 Å². The summed E-state index contributed by atoms with van der Waals surface area (Å²) in [6.07, 6.45) is 0. The third kappa shape index (κ3) is 3.65. The number of hydrogen-bond acceptors (Lipinski definition) is 4. The predicted molar refractivity (Wildman–Crippen MR) is 92.4 cm³/mol. The third-order valence-corrected chi connectivity index (χ3v) is 4.93. The fraction of sp³-hybridized carbons (Fsp3) is 0.167. The van der Waals surface area contributed by atoms with E-state index in [1.165, 1.54) is 18.2 Å². The Morgan fingerprint density at radius 2 is 1.73 bits per heavy atom. The first-order valence-electron chi connectivity index (χ1n) is 7.68. The van der Waals surface area contributed by atoms with Crippen LogP contribution in [0.4, 0.5) is 13.2 Å². The van der Waals surface area contributed by atoms with Gasteiger partial charge >= 0.3 is 0 Å². The summed E-state index contributed by atoms with van der Waals surface area (Å²) in [4.78, 5) is 12.4. The molecule has 0 saturated carbocycles. The molecule has 0 spiro atoms. The molecule has 0 saturated heterocycles. The van der Waals surface area contributed by atoms with Crippen LogP contribution in [0, 0.1) is 17.5 Å². The standard InChI is InChI=1S/C18H14F3N3OS/c1-10(16(25)12-5-8-14(20)15(21)9-12)26-18-23-22-17(24(18)2)11-3-6-13(19)7-4-11/h3-10H,1-2H3/t10-/m0/s1. The van der Waals surface area contributed by atoms with Crippen molar-refractivity contribution in [3.63, 3.8) is 0 Å². The van der Waals surface area contributed by atoms with Crippen LogP contribution in [0.25, 0.3) is 11.4 Å². The van der Waals surface area contributed by atoms with Crippen LogP contribution in [0.1, 0.15) is 17.3 Å². The molecule has 26 heavy (non-hydrogen) atoms. The van der Waals surface area contributed by atoms with Crippen molar-refractivity contribution in [2.45, 2.75) is 17.3 Å². The highest BCUT2D eigenvalue weighted by atomic mass is 32.2. The van der Waals surface area contributed by atoms with Gasteiger partial charge in [0, 0.05) is 18.2 Å². The zero-order valence-corrected chi connectivity index (χ0v) is 14.7. The first-order valence-corrected chi connectivity index (χ1v) is 8.56. The van der Waals surface area contributed by atoms with E-state index in [1.54, 1.807) is 30.7 Å². The molecule has 0 aliphatic rings. The molecule has 134 valence electrons. The number of nitrogens with zero attached hydrogens (tertiary/aromatic N) is 3. The van der Waals surface area contributed by atoms with E-state index >= 15 is 0 Å². The lowest BCUT2D eigenvalue weighted by atomic mass is 10.1. The van der Waals surface area contributed by atoms with Crippen LogP contribution in [0.2, 0.25) is 0 Å². The zero-order valence-electron chi connectivity index (χ0n) is 13.9. The Balaban J connectivity index is 1.79. The van der Waals surface area contributed by atoms with E-state index in [9.17, 15) is 18.0 Å². The molecule has 0 unspecified atom stereocenters. The van der Waals surface area contributed by atoms with Crippen molar-refractivity contribution < 1.29 is 18.0 Å². The second-order valence-corrected chi connectivity index (χ2v) is 6.93. The molecule has 8 heteroatoms. The number of carbonyl (C=O) groups is 1. The minimum Gasteiger partial charge on any atom is -0.305 e. The quantitative estimate of drug-likeness (QED) is 0.492. The van der Waals surface area contributed by atoms with Gasteiger partial charge in [0.05, 0.1) is 5.25 Å². The van der Waals surface area contributed by atoms with Gasteiger partial charge in [0.15, 0.2) is 28.4 Å². The van der Waals surface area contributed by atoms with Gasteiger partial charge in [-0.2, -0.15) is 0 Å². The van der Waals surface area contributed by atoms with Crippen LogP contribution in [0.5, 0.6) is 0 Å². The average Bonchev–Trinajstić information content (AvgIpc) is 2.98. The van der Waals surface area contributed by atoms with Gasteiger partial charge in [-0.3, -0.25) is 4.79 Å². The number of rotatable bonds is 5. The maximum atomic E-state index is 13.3. The number of carbonyl (C=O) groups excluding carboxylic acids is 1. The highest BCUT2D eigenvalue weighted by molar-refractivity contribution is 8.00. The number of aromatic nitrogens is 3. The number of ketones is 1. The molecule has 1 atom stereocenters. The minimum absolute atomic E-state index is 0.0878. The van der Waals surface area contributed by atoms with Crippen molar-refractivity contribution in [2.75, 3.05) is 0 Å². The fourth-order valence-electron chi connectivity index (χ4n) is 2.36. The molecule has 0 aliphatic heterocycles. The molecule has 1 aromatic heterocycles. The van der Waals surface area contributed by atoms with Crippen LogP contribution in [-0.4, -0.2) is 25.8 Å². The Kier molecular flexibility index (Phi) is 5.13. The summed E-state index contributed by atoms with van der Waals surface area (Å²) in [7, 11) is 1.73. The summed E-state index contributed by atoms with van der Waals surface area (Å²) >= 11 is 1.15. The summed E-state index contributed by atoms with van der Waals surface area (Å²) in [5.41, 5.74) is 0.776. The second kappa shape index (κ2) is 7.33. The molecule has 0 N–H and O–H groups in total. The van der Waals surface area contributed by atoms with Gasteiger partial charge in [-0.05, 0) is 49.4 Å². The summed E-state index contributed by atoms with van der Waals surface area (Å²) in [6.45, 7) is 1.65. The Morgan fingerprint density at radius 1 is 1.04 bits per heavy atom. The largest absolute Gasteiger partial charge is 0.305 e. The van der Waals surface area contributed by atoms with E-state index in [0.717, 1.165) is 23.9 Å². The van der Waals surface area contributed by atoms with Gasteiger partial charge in [0.25, 0.3) is 0 Å². The summed E-state index contributed by atoms with van der Waals surface area (Å²) in [5.74, 6) is -2.24. The highest BCUT2D eigenvalue weighted by Gasteiger charge is 2.21. The molecular weight excluding hydrogens is 363 g/mol. The van der Waals surface area contributed by atoms with Crippen LogP contribution in [0.3, 0.4) is 0 Å². The number of hydrogen-bond donors (Lipinski definition) is 0. The van der Waals surface area contributed by atoms with E-state index in [-0.39, 0.29) is 17.2 Å². The van der Waals surface area contributed by atoms with E-state index in [1.807, 2.05) is 0 Å². The molecule has 3 aromatic rings. The molecule has 4 nitrogen and oxygen atoms in total. The van der Waals surface area contributed by atoms with E-state index in [0.29, 0.717) is 16.5 Å². The number of thioether (sulfide) groups is 1. The van der Waals surface area contributed by atoms with E-state index in [2.05, 4.69) is 10.2 Å². The molecule has 0 bridgehead atoms. The lowest BCUT2D eigenvalue weighted by Gasteiger charge is -2.10. The summed E-state index contributed by atoms with van der Waals surface area (Å²) < 4.78 is 41.1. The zero-order chi connectivity index (χ0) is 18.8. The molecule has 2 aromatic carbocycles. The summed E-state index contributed by atoms with van der Waals surface area (Å²) in [5, 5.41) is 8.03. The van der Waals surface area contributed by atoms with Gasteiger partial charge in [0.2, 0.25) is 0 Å². The van der Waals surface area contributed by atoms with Gasteiger partial charge < -0.3 is 4.57 Å². The maximum absolute atomic E-state index is 13.3. The Bertz CT molecular complexity index is 957. The van der Waals surface area contributed by atoms with Crippen LogP contribution >= 0.6 is 11.8 Å². The van der Waals surface area contributed by atoms with Gasteiger partial charge in [-0.25, -0.2) is 13.2 Å². The molecule has 0 amide bonds. The Labute approximate surface area is 152 Å².